The van der Waals surface area contributed by atoms with E-state index in [0.717, 1.165) is 10.8 Å². The van der Waals surface area contributed by atoms with Crippen LogP contribution in [0.2, 0.25) is 0 Å². The second-order valence-corrected chi connectivity index (χ2v) is 13.7. The highest BCUT2D eigenvalue weighted by atomic mass is 31.2. The van der Waals surface area contributed by atoms with Crippen LogP contribution in [0.15, 0.2) is 52.3 Å². The summed E-state index contributed by atoms with van der Waals surface area (Å²) in [7, 11) is -3.04. The van der Waals surface area contributed by atoms with Crippen LogP contribution in [0.3, 0.4) is 0 Å². The van der Waals surface area contributed by atoms with Crippen molar-refractivity contribution >= 4 is 60.3 Å². The lowest BCUT2D eigenvalue weighted by Crippen LogP contribution is -2.41. The fourth-order valence-corrected chi connectivity index (χ4v) is 5.86. The largest absolute Gasteiger partial charge is 0.480 e. The number of carboxylic acid groups (broad SMARTS) is 1. The number of carboxylic acids is 1. The van der Waals surface area contributed by atoms with Gasteiger partial charge in [-0.25, -0.2) is 24.1 Å². The van der Waals surface area contributed by atoms with E-state index in [1.54, 1.807) is 19.2 Å². The van der Waals surface area contributed by atoms with Crippen LogP contribution in [-0.2, 0) is 30.0 Å². The Morgan fingerprint density at radius 3 is 2.61 bits per heavy atom. The molecule has 298 valence electrons. The van der Waals surface area contributed by atoms with Crippen molar-refractivity contribution in [2.75, 3.05) is 36.6 Å². The van der Waals surface area contributed by atoms with Gasteiger partial charge in [-0.2, -0.15) is 9.97 Å². The molecule has 1 unspecified atom stereocenters. The van der Waals surface area contributed by atoms with Gasteiger partial charge in [0.1, 0.15) is 18.4 Å². The summed E-state index contributed by atoms with van der Waals surface area (Å²) in [6, 6.07) is 4.98. The van der Waals surface area contributed by atoms with E-state index in [0.29, 0.717) is 23.4 Å². The Labute approximate surface area is 315 Å². The number of nitrogens with two attached hydrogens (primary N) is 2. The number of H-pyrrole nitrogens is 1. The molecule has 4 atom stereocenters. The molecule has 0 radical (unpaired) electrons. The summed E-state index contributed by atoms with van der Waals surface area (Å²) in [5, 5.41) is 24.8. The van der Waals surface area contributed by atoms with Crippen molar-refractivity contribution in [3.05, 3.63) is 80.4 Å². The predicted octanol–water partition coefficient (Wildman–Crippen LogP) is -1.38. The van der Waals surface area contributed by atoms with Gasteiger partial charge in [0.25, 0.3) is 11.5 Å². The number of hydrogen-bond acceptors (Lipinski definition) is 16. The number of nitrogens with zero attached hydrogens (tertiary/aromatic N) is 6. The Bertz CT molecular complexity index is 2300. The number of phosphoric acid groups is 1. The van der Waals surface area contributed by atoms with E-state index in [2.05, 4.69) is 40.1 Å². The van der Waals surface area contributed by atoms with Gasteiger partial charge in [-0.05, 0) is 30.7 Å². The first-order valence-corrected chi connectivity index (χ1v) is 18.2. The molecule has 0 aliphatic carbocycles. The molecule has 4 aromatic rings. The molecule has 56 heavy (non-hydrogen) atoms. The van der Waals surface area contributed by atoms with Gasteiger partial charge in [0.05, 0.1) is 36.7 Å². The van der Waals surface area contributed by atoms with Gasteiger partial charge >= 0.3 is 19.5 Å². The third-order valence-corrected chi connectivity index (χ3v) is 8.85. The first kappa shape index (κ1) is 41.1. The molecule has 1 fully saturated rings. The van der Waals surface area contributed by atoms with Crippen LogP contribution in [0.1, 0.15) is 47.1 Å². The number of fused-ring (bicyclic) bond motifs is 1. The number of aliphatic carboxylic acids is 1. The third-order valence-electron chi connectivity index (χ3n) is 8.37. The maximum absolute atomic E-state index is 12.9. The topological polar surface area (TPSA) is 353 Å². The summed E-state index contributed by atoms with van der Waals surface area (Å²) in [5.74, 6) is -2.48. The first-order valence-electron chi connectivity index (χ1n) is 16.7. The van der Waals surface area contributed by atoms with Crippen LogP contribution >= 0.6 is 7.82 Å². The lowest BCUT2D eigenvalue weighted by Gasteiger charge is -2.19. The molecule has 1 aliphatic heterocycles. The number of phosphoric ester groups is 1. The van der Waals surface area contributed by atoms with Crippen molar-refractivity contribution in [2.45, 2.75) is 50.3 Å². The van der Waals surface area contributed by atoms with Crippen molar-refractivity contribution < 1.29 is 48.2 Å². The van der Waals surface area contributed by atoms with Crippen molar-refractivity contribution in [3.8, 4) is 0 Å². The number of nitrogen functional groups attached to an aromatic ring is 2. The molecule has 24 heteroatoms. The zero-order valence-electron chi connectivity index (χ0n) is 29.5. The molecule has 2 amide bonds. The number of hydrogen-bond donors (Lipinski definition) is 9. The van der Waals surface area contributed by atoms with Crippen LogP contribution in [0.5, 0.6) is 0 Å². The third kappa shape index (κ3) is 10.8. The molecule has 1 saturated heterocycles. The number of anilines is 3. The summed E-state index contributed by atoms with van der Waals surface area (Å²) in [6.45, 7) is -0.418. The van der Waals surface area contributed by atoms with E-state index in [1.165, 1.54) is 30.5 Å². The highest BCUT2D eigenvalue weighted by Crippen LogP contribution is 2.38. The number of aromatic nitrogens is 6. The number of benzene rings is 1. The van der Waals surface area contributed by atoms with Gasteiger partial charge in [0.15, 0.2) is 17.0 Å². The van der Waals surface area contributed by atoms with Crippen molar-refractivity contribution in [1.82, 2.24) is 40.1 Å². The van der Waals surface area contributed by atoms with Crippen LogP contribution < -0.4 is 38.2 Å². The molecule has 4 heterocycles. The highest BCUT2D eigenvalue weighted by molar-refractivity contribution is 7.46. The molecule has 23 nitrogen and oxygen atoms in total. The number of rotatable bonds is 16. The molecule has 0 saturated carbocycles. The van der Waals surface area contributed by atoms with Gasteiger partial charge in [0.2, 0.25) is 11.9 Å². The number of aliphatic hydroxyl groups is 1. The number of carbonyl (C=O) groups is 3. The SMILES string of the molecule is CN(Cc1cnc2nc(N)nc(N)c2n1)c1ccc(C(=O)N[C@@H](CCC(=O)NC/C=C/c2cn(C3C[C@H](O)[C@@H](COP(=O)(O)O)O3)c(=O)[nH]c2=O)C(=O)O)cc1. The number of aliphatic hydroxyl groups excluding tert-OH is 1. The number of carbonyl (C=O) groups excluding carboxylic acids is 2. The quantitative estimate of drug-likeness (QED) is 0.0590. The average molecular weight is 800 g/mol. The Balaban J connectivity index is 1.09. The number of ether oxygens (including phenoxy) is 1. The normalized spacial score (nSPS) is 17.5. The smallest absolute Gasteiger partial charge is 0.469 e. The average Bonchev–Trinajstić information content (AvgIpc) is 3.51. The van der Waals surface area contributed by atoms with Crippen molar-refractivity contribution in [1.29, 1.82) is 0 Å². The van der Waals surface area contributed by atoms with Crippen LogP contribution in [0.4, 0.5) is 17.5 Å². The molecule has 0 bridgehead atoms. The minimum Gasteiger partial charge on any atom is -0.480 e. The highest BCUT2D eigenvalue weighted by Gasteiger charge is 2.37. The van der Waals surface area contributed by atoms with E-state index >= 15 is 0 Å². The van der Waals surface area contributed by atoms with Gasteiger partial charge in [-0.3, -0.25) is 28.5 Å². The Kier molecular flexibility index (Phi) is 12.9. The Hall–Kier alpha value is -6.10. The lowest BCUT2D eigenvalue weighted by molar-refractivity contribution is -0.139. The summed E-state index contributed by atoms with van der Waals surface area (Å²) in [6.07, 6.45) is 1.28. The van der Waals surface area contributed by atoms with Gasteiger partial charge < -0.3 is 51.7 Å². The Morgan fingerprint density at radius 2 is 1.91 bits per heavy atom. The fraction of sp³-hybridized carbons (Fsp3) is 0.344. The number of nitrogens with one attached hydrogen (secondary N) is 3. The van der Waals surface area contributed by atoms with E-state index in [1.807, 2.05) is 4.90 Å². The zero-order valence-corrected chi connectivity index (χ0v) is 30.4. The lowest BCUT2D eigenvalue weighted by atomic mass is 10.1. The second kappa shape index (κ2) is 17.6. The molecular weight excluding hydrogens is 761 g/mol. The first-order chi connectivity index (χ1) is 26.5. The van der Waals surface area contributed by atoms with Crippen LogP contribution in [0, 0.1) is 0 Å². The van der Waals surface area contributed by atoms with E-state index in [-0.39, 0.29) is 54.3 Å². The predicted molar refractivity (Wildman–Crippen MR) is 197 cm³/mol. The minimum absolute atomic E-state index is 0.0166. The molecule has 3 aromatic heterocycles. The van der Waals surface area contributed by atoms with Gasteiger partial charge in [0, 0.05) is 43.9 Å². The van der Waals surface area contributed by atoms with Crippen LogP contribution in [0.25, 0.3) is 17.2 Å². The molecular formula is C32H38N11O12P. The van der Waals surface area contributed by atoms with Crippen molar-refractivity contribution in [3.63, 3.8) is 0 Å². The zero-order chi connectivity index (χ0) is 40.7. The summed E-state index contributed by atoms with van der Waals surface area (Å²) < 4.78 is 21.8. The van der Waals surface area contributed by atoms with Gasteiger partial charge in [-0.15, -0.1) is 0 Å². The molecule has 0 spiro atoms. The second-order valence-electron chi connectivity index (χ2n) is 12.5. The maximum atomic E-state index is 12.9. The summed E-state index contributed by atoms with van der Waals surface area (Å²) in [5.41, 5.74) is 11.9. The van der Waals surface area contributed by atoms with E-state index in [9.17, 15) is 38.8 Å². The standard InChI is InChI=1S/C32H38N11O12P/c1-42(14-18-12-36-27-25(37-18)26(33)39-31(34)40-27)19-6-4-16(5-7-19)28(46)38-20(30(48)49)8-9-23(45)35-10-2-3-17-13-43(32(50)41-29(17)47)24-11-21(44)22(55-24)15-54-56(51,52)53/h2-7,12-13,20-22,24,44H,8-11,14-15H2,1H3,(H,35,45)(H,38,46)(H,48,49)(H,41,47,50)(H2,51,52,53)(H4,33,34,36,39,40)/b3-2+/t20-,21-,22+,24?/m0/s1. The van der Waals surface area contributed by atoms with Gasteiger partial charge in [-0.1, -0.05) is 12.2 Å². The number of amides is 2. The summed E-state index contributed by atoms with van der Waals surface area (Å²) in [4.78, 5) is 100. The van der Waals surface area contributed by atoms with E-state index < -0.39 is 67.9 Å². The molecule has 5 rings (SSSR count). The van der Waals surface area contributed by atoms with Crippen molar-refractivity contribution in [2.24, 2.45) is 0 Å². The molecule has 11 N–H and O–H groups in total. The monoisotopic (exact) mass is 799 g/mol. The Morgan fingerprint density at radius 1 is 1.18 bits per heavy atom. The van der Waals surface area contributed by atoms with E-state index in [4.69, 9.17) is 26.0 Å². The summed E-state index contributed by atoms with van der Waals surface area (Å²) >= 11 is 0. The maximum Gasteiger partial charge on any atom is 0.469 e. The molecule has 1 aromatic carbocycles. The van der Waals surface area contributed by atoms with Crippen LogP contribution in [-0.4, -0.2) is 106 Å². The molecule has 1 aliphatic rings. The number of aromatic amines is 1. The minimum atomic E-state index is -4.83. The fourth-order valence-electron chi connectivity index (χ4n) is 5.52.